The van der Waals surface area contributed by atoms with Crippen LogP contribution in [0.4, 0.5) is 0 Å². The van der Waals surface area contributed by atoms with Crippen LogP contribution in [0.3, 0.4) is 0 Å². The van der Waals surface area contributed by atoms with Gasteiger partial charge in [0.05, 0.1) is 0 Å². The second-order valence-corrected chi connectivity index (χ2v) is 5.02. The number of allylic oxidation sites excluding steroid dienone is 5. The van der Waals surface area contributed by atoms with Crippen molar-refractivity contribution in [3.63, 3.8) is 0 Å². The van der Waals surface area contributed by atoms with Crippen LogP contribution in [0.15, 0.2) is 35.6 Å². The van der Waals surface area contributed by atoms with Gasteiger partial charge in [0.15, 0.2) is 5.78 Å². The van der Waals surface area contributed by atoms with E-state index in [1.165, 1.54) is 44.7 Å². The first kappa shape index (κ1) is 15.7. The molecule has 0 aliphatic heterocycles. The van der Waals surface area contributed by atoms with Crippen molar-refractivity contribution < 1.29 is 10.0 Å². The van der Waals surface area contributed by atoms with Gasteiger partial charge in [-0.3, -0.25) is 15.5 Å². The molecule has 0 aromatic heterocycles. The van der Waals surface area contributed by atoms with Crippen LogP contribution in [-0.4, -0.2) is 11.0 Å². The number of carbonyl (C=O) groups excluding carboxylic acids is 1. The van der Waals surface area contributed by atoms with Gasteiger partial charge in [-0.25, -0.2) is 0 Å². The summed E-state index contributed by atoms with van der Waals surface area (Å²) in [5.41, 5.74) is 3.60. The van der Waals surface area contributed by atoms with Gasteiger partial charge in [0.2, 0.25) is 0 Å². The van der Waals surface area contributed by atoms with Gasteiger partial charge in [-0.1, -0.05) is 51.5 Å². The van der Waals surface area contributed by atoms with Crippen LogP contribution >= 0.6 is 0 Å². The highest BCUT2D eigenvalue weighted by atomic mass is 16.5. The van der Waals surface area contributed by atoms with Crippen LogP contribution in [-0.2, 0) is 4.79 Å². The van der Waals surface area contributed by atoms with E-state index in [9.17, 15) is 4.79 Å². The fourth-order valence-corrected chi connectivity index (χ4v) is 2.22. The summed E-state index contributed by atoms with van der Waals surface area (Å²) in [4.78, 5) is 11.5. The molecule has 0 bridgehead atoms. The average molecular weight is 263 g/mol. The smallest absolute Gasteiger partial charge is 0.187 e. The summed E-state index contributed by atoms with van der Waals surface area (Å²) in [7, 11) is 0. The Morgan fingerprint density at radius 2 is 1.79 bits per heavy atom. The lowest BCUT2D eigenvalue weighted by atomic mass is 9.97. The summed E-state index contributed by atoms with van der Waals surface area (Å²) in [6, 6.07) is 0. The van der Waals surface area contributed by atoms with Gasteiger partial charge in [0.25, 0.3) is 0 Å². The van der Waals surface area contributed by atoms with Crippen LogP contribution < -0.4 is 5.48 Å². The van der Waals surface area contributed by atoms with Gasteiger partial charge in [-0.05, 0) is 30.6 Å². The molecule has 0 radical (unpaired) electrons. The number of unbranched alkanes of at least 4 members (excludes halogenated alkanes) is 6. The molecule has 3 heteroatoms. The molecule has 1 rings (SSSR count). The molecule has 0 aromatic rings. The van der Waals surface area contributed by atoms with Crippen molar-refractivity contribution in [2.45, 2.75) is 58.3 Å². The fraction of sp³-hybridized carbons (Fsp3) is 0.562. The van der Waals surface area contributed by atoms with E-state index in [1.807, 2.05) is 17.6 Å². The van der Waals surface area contributed by atoms with E-state index in [-0.39, 0.29) is 5.78 Å². The summed E-state index contributed by atoms with van der Waals surface area (Å²) in [5.74, 6) is -0.0649. The molecule has 0 unspecified atom stereocenters. The Morgan fingerprint density at radius 1 is 1.11 bits per heavy atom. The van der Waals surface area contributed by atoms with E-state index in [0.29, 0.717) is 5.57 Å². The number of hydrogen-bond donors (Lipinski definition) is 2. The molecule has 106 valence electrons. The van der Waals surface area contributed by atoms with Gasteiger partial charge in [-0.15, -0.1) is 0 Å². The molecule has 0 aromatic carbocycles. The number of carbonyl (C=O) groups is 1. The average Bonchev–Trinajstić information content (AvgIpc) is 2.41. The van der Waals surface area contributed by atoms with Crippen LogP contribution in [0, 0.1) is 0 Å². The summed E-state index contributed by atoms with van der Waals surface area (Å²) in [6.07, 6.45) is 16.7. The Kier molecular flexibility index (Phi) is 7.91. The predicted octanol–water partition coefficient (Wildman–Crippen LogP) is 4.06. The highest BCUT2D eigenvalue weighted by Gasteiger charge is 2.09. The van der Waals surface area contributed by atoms with Crippen LogP contribution in [0.25, 0.3) is 0 Å². The molecule has 0 spiro atoms. The Bertz CT molecular complexity index is 367. The first-order valence-electron chi connectivity index (χ1n) is 7.30. The van der Waals surface area contributed by atoms with Gasteiger partial charge < -0.3 is 0 Å². The maximum absolute atomic E-state index is 11.5. The highest BCUT2D eigenvalue weighted by Crippen LogP contribution is 2.19. The molecule has 2 N–H and O–H groups in total. The van der Waals surface area contributed by atoms with Crippen molar-refractivity contribution in [2.75, 3.05) is 0 Å². The van der Waals surface area contributed by atoms with Crippen molar-refractivity contribution in [2.24, 2.45) is 0 Å². The molecule has 0 saturated heterocycles. The minimum atomic E-state index is -0.0649. The molecule has 19 heavy (non-hydrogen) atoms. The van der Waals surface area contributed by atoms with Crippen molar-refractivity contribution in [1.82, 2.24) is 5.48 Å². The number of nitrogens with one attached hydrogen (secondary N) is 1. The Balaban J connectivity index is 2.22. The summed E-state index contributed by atoms with van der Waals surface area (Å²) >= 11 is 0. The molecule has 0 fully saturated rings. The maximum Gasteiger partial charge on any atom is 0.187 e. The predicted molar refractivity (Wildman–Crippen MR) is 77.8 cm³/mol. The minimum Gasteiger partial charge on any atom is -0.292 e. The number of hydroxylamine groups is 1. The summed E-state index contributed by atoms with van der Waals surface area (Å²) < 4.78 is 0. The minimum absolute atomic E-state index is 0.0649. The van der Waals surface area contributed by atoms with Gasteiger partial charge >= 0.3 is 0 Å². The van der Waals surface area contributed by atoms with E-state index in [1.54, 1.807) is 6.08 Å². The highest BCUT2D eigenvalue weighted by molar-refractivity contribution is 6.07. The zero-order valence-corrected chi connectivity index (χ0v) is 11.8. The zero-order chi connectivity index (χ0) is 13.9. The molecule has 1 aliphatic carbocycles. The van der Waals surface area contributed by atoms with Crippen LogP contribution in [0.2, 0.25) is 0 Å². The molecule has 1 aliphatic rings. The topological polar surface area (TPSA) is 49.3 Å². The van der Waals surface area contributed by atoms with E-state index in [4.69, 9.17) is 5.21 Å². The third-order valence-electron chi connectivity index (χ3n) is 3.36. The molecule has 0 amide bonds. The van der Waals surface area contributed by atoms with Crippen molar-refractivity contribution in [3.8, 4) is 0 Å². The molecule has 0 heterocycles. The third-order valence-corrected chi connectivity index (χ3v) is 3.36. The second-order valence-electron chi connectivity index (χ2n) is 5.02. The Hall–Kier alpha value is -1.35. The summed E-state index contributed by atoms with van der Waals surface area (Å²) in [5, 5.41) is 8.61. The molecular weight excluding hydrogens is 238 g/mol. The van der Waals surface area contributed by atoms with Gasteiger partial charge in [-0.2, -0.15) is 0 Å². The van der Waals surface area contributed by atoms with Gasteiger partial charge in [0, 0.05) is 11.8 Å². The first-order chi connectivity index (χ1) is 9.27. The maximum atomic E-state index is 11.5. The lowest BCUT2D eigenvalue weighted by Crippen LogP contribution is -2.06. The van der Waals surface area contributed by atoms with Crippen LogP contribution in [0.1, 0.15) is 58.3 Å². The lowest BCUT2D eigenvalue weighted by molar-refractivity contribution is -0.111. The lowest BCUT2D eigenvalue weighted by Gasteiger charge is -2.08. The van der Waals surface area contributed by atoms with Crippen molar-refractivity contribution in [1.29, 1.82) is 0 Å². The quantitative estimate of drug-likeness (QED) is 0.375. The third kappa shape index (κ3) is 6.39. The van der Waals surface area contributed by atoms with Crippen molar-refractivity contribution >= 4 is 5.78 Å². The number of rotatable bonds is 9. The largest absolute Gasteiger partial charge is 0.292 e. The number of ketones is 1. The van der Waals surface area contributed by atoms with E-state index >= 15 is 0 Å². The second kappa shape index (κ2) is 9.56. The van der Waals surface area contributed by atoms with E-state index in [2.05, 4.69) is 6.92 Å². The zero-order valence-electron chi connectivity index (χ0n) is 11.8. The standard InChI is InChI=1S/C16H25NO2/c1-2-3-4-5-6-7-8-9-14-10-11-16(18)15(12-14)13-17-19/h10-13,17,19H,2-9H2,1H3/b15-13+. The van der Waals surface area contributed by atoms with Crippen LogP contribution in [0.5, 0.6) is 0 Å². The fourth-order valence-electron chi connectivity index (χ4n) is 2.22. The van der Waals surface area contributed by atoms with E-state index in [0.717, 1.165) is 18.4 Å². The first-order valence-corrected chi connectivity index (χ1v) is 7.30. The Morgan fingerprint density at radius 3 is 2.47 bits per heavy atom. The molecule has 3 nitrogen and oxygen atoms in total. The SMILES string of the molecule is CCCCCCCCCC1=C/C(=C\NO)C(=O)C=C1. The molecule has 0 atom stereocenters. The van der Waals surface area contributed by atoms with E-state index < -0.39 is 0 Å². The monoisotopic (exact) mass is 263 g/mol. The number of hydrogen-bond acceptors (Lipinski definition) is 3. The van der Waals surface area contributed by atoms with Gasteiger partial charge in [0.1, 0.15) is 0 Å². The van der Waals surface area contributed by atoms with Crippen molar-refractivity contribution in [3.05, 3.63) is 35.6 Å². The Labute approximate surface area is 116 Å². The summed E-state index contributed by atoms with van der Waals surface area (Å²) in [6.45, 7) is 2.23. The molecule has 0 saturated carbocycles. The molecular formula is C16H25NO2. The normalized spacial score (nSPS) is 16.8.